The summed E-state index contributed by atoms with van der Waals surface area (Å²) in [6.07, 6.45) is 0.306. The van der Waals surface area contributed by atoms with Crippen LogP contribution in [0, 0.1) is 5.92 Å². The summed E-state index contributed by atoms with van der Waals surface area (Å²) in [5, 5.41) is 12.0. The fourth-order valence-electron chi connectivity index (χ4n) is 2.49. The van der Waals surface area contributed by atoms with Crippen molar-refractivity contribution in [2.75, 3.05) is 5.32 Å². The lowest BCUT2D eigenvalue weighted by molar-refractivity contribution is -0.143. The smallest absolute Gasteiger partial charge is 0.307 e. The molecule has 0 fully saturated rings. The number of carboxylic acid groups (broad SMARTS) is 1. The van der Waals surface area contributed by atoms with E-state index < -0.39 is 17.8 Å². The summed E-state index contributed by atoms with van der Waals surface area (Å²) < 4.78 is 0. The van der Waals surface area contributed by atoms with Gasteiger partial charge in [-0.25, -0.2) is 0 Å². The van der Waals surface area contributed by atoms with Gasteiger partial charge in [-0.05, 0) is 29.7 Å². The van der Waals surface area contributed by atoms with Gasteiger partial charge in [0.25, 0.3) is 0 Å². The van der Waals surface area contributed by atoms with Crippen LogP contribution in [-0.4, -0.2) is 22.9 Å². The zero-order valence-corrected chi connectivity index (χ0v) is 13.6. The van der Waals surface area contributed by atoms with Crippen LogP contribution < -0.4 is 11.1 Å². The lowest BCUT2D eigenvalue weighted by Crippen LogP contribution is -2.24. The zero-order chi connectivity index (χ0) is 18.2. The van der Waals surface area contributed by atoms with E-state index in [-0.39, 0.29) is 18.7 Å². The van der Waals surface area contributed by atoms with Gasteiger partial charge < -0.3 is 16.2 Å². The first-order valence-corrected chi connectivity index (χ1v) is 7.88. The van der Waals surface area contributed by atoms with E-state index in [1.54, 1.807) is 24.3 Å². The molecule has 2 aromatic rings. The number of aliphatic carboxylic acids is 1. The number of nitrogens with one attached hydrogen (secondary N) is 1. The number of carboxylic acids is 1. The number of hydrogen-bond donors (Lipinski definition) is 3. The Labute approximate surface area is 145 Å². The number of carbonyl (C=O) groups is 3. The average molecular weight is 340 g/mol. The maximum atomic E-state index is 12.1. The largest absolute Gasteiger partial charge is 0.481 e. The fourth-order valence-corrected chi connectivity index (χ4v) is 2.49. The molecule has 2 aromatic carbocycles. The van der Waals surface area contributed by atoms with Crippen LogP contribution in [0.5, 0.6) is 0 Å². The van der Waals surface area contributed by atoms with Crippen molar-refractivity contribution in [3.63, 3.8) is 0 Å². The number of amides is 2. The second-order valence-corrected chi connectivity index (χ2v) is 5.82. The Bertz CT molecular complexity index is 742. The zero-order valence-electron chi connectivity index (χ0n) is 13.6. The summed E-state index contributed by atoms with van der Waals surface area (Å²) in [5.41, 5.74) is 7.29. The van der Waals surface area contributed by atoms with Crippen LogP contribution in [0.3, 0.4) is 0 Å². The highest BCUT2D eigenvalue weighted by atomic mass is 16.4. The summed E-state index contributed by atoms with van der Waals surface area (Å²) in [4.78, 5) is 34.4. The van der Waals surface area contributed by atoms with Crippen LogP contribution in [0.15, 0.2) is 54.6 Å². The van der Waals surface area contributed by atoms with E-state index in [0.29, 0.717) is 12.1 Å². The molecular formula is C19H20N2O4. The lowest BCUT2D eigenvalue weighted by Gasteiger charge is -2.13. The highest BCUT2D eigenvalue weighted by Gasteiger charge is 2.21. The number of anilines is 1. The molecule has 2 amide bonds. The molecule has 0 spiro atoms. The molecule has 6 heteroatoms. The monoisotopic (exact) mass is 340 g/mol. The minimum atomic E-state index is -1.00. The standard InChI is InChI=1S/C19H20N2O4/c20-17(22)11-14-6-8-16(9-7-14)21-18(23)12-15(19(24)25)10-13-4-2-1-3-5-13/h1-9,15H,10-12H2,(H2,20,22)(H,21,23)(H,24,25). The minimum Gasteiger partial charge on any atom is -0.481 e. The molecular weight excluding hydrogens is 320 g/mol. The molecule has 0 aliphatic rings. The molecule has 0 saturated carbocycles. The number of hydrogen-bond acceptors (Lipinski definition) is 3. The molecule has 1 atom stereocenters. The van der Waals surface area contributed by atoms with Crippen molar-refractivity contribution in [1.29, 1.82) is 0 Å². The van der Waals surface area contributed by atoms with Gasteiger partial charge in [0.2, 0.25) is 11.8 Å². The topological polar surface area (TPSA) is 109 Å². The summed E-state index contributed by atoms with van der Waals surface area (Å²) >= 11 is 0. The van der Waals surface area contributed by atoms with Gasteiger partial charge in [-0.3, -0.25) is 14.4 Å². The fraction of sp³-hybridized carbons (Fsp3) is 0.211. The van der Waals surface area contributed by atoms with E-state index in [9.17, 15) is 19.5 Å². The number of rotatable bonds is 8. The molecule has 1 unspecified atom stereocenters. The van der Waals surface area contributed by atoms with Gasteiger partial charge in [0.1, 0.15) is 0 Å². The number of primary amides is 1. The second kappa shape index (κ2) is 8.63. The highest BCUT2D eigenvalue weighted by molar-refractivity contribution is 5.93. The maximum Gasteiger partial charge on any atom is 0.307 e. The van der Waals surface area contributed by atoms with Gasteiger partial charge in [-0.2, -0.15) is 0 Å². The lowest BCUT2D eigenvalue weighted by atomic mass is 9.96. The molecule has 0 aliphatic heterocycles. The predicted molar refractivity (Wildman–Crippen MR) is 93.9 cm³/mol. The van der Waals surface area contributed by atoms with E-state index in [1.807, 2.05) is 30.3 Å². The maximum absolute atomic E-state index is 12.1. The molecule has 4 N–H and O–H groups in total. The first-order valence-electron chi connectivity index (χ1n) is 7.88. The predicted octanol–water partition coefficient (Wildman–Crippen LogP) is 1.99. The van der Waals surface area contributed by atoms with Gasteiger partial charge in [-0.1, -0.05) is 42.5 Å². The van der Waals surface area contributed by atoms with E-state index >= 15 is 0 Å². The average Bonchev–Trinajstić information content (AvgIpc) is 2.56. The number of benzene rings is 2. The van der Waals surface area contributed by atoms with E-state index in [2.05, 4.69) is 5.32 Å². The van der Waals surface area contributed by atoms with Crippen LogP contribution >= 0.6 is 0 Å². The van der Waals surface area contributed by atoms with Crippen LogP contribution in [0.2, 0.25) is 0 Å². The first kappa shape index (κ1) is 18.2. The van der Waals surface area contributed by atoms with Gasteiger partial charge in [-0.15, -0.1) is 0 Å². The van der Waals surface area contributed by atoms with E-state index in [4.69, 9.17) is 5.73 Å². The Morgan fingerprint density at radius 2 is 1.60 bits per heavy atom. The Hall–Kier alpha value is -3.15. The van der Waals surface area contributed by atoms with Crippen LogP contribution in [0.1, 0.15) is 17.5 Å². The van der Waals surface area contributed by atoms with Gasteiger partial charge in [0.05, 0.1) is 12.3 Å². The van der Waals surface area contributed by atoms with Crippen LogP contribution in [0.4, 0.5) is 5.69 Å². The minimum absolute atomic E-state index is 0.118. The summed E-state index contributed by atoms with van der Waals surface area (Å²) in [7, 11) is 0. The molecule has 0 bridgehead atoms. The molecule has 2 rings (SSSR count). The third-order valence-corrected chi connectivity index (χ3v) is 3.72. The molecule has 0 radical (unpaired) electrons. The molecule has 6 nitrogen and oxygen atoms in total. The normalized spacial score (nSPS) is 11.5. The molecule has 25 heavy (non-hydrogen) atoms. The molecule has 0 aliphatic carbocycles. The van der Waals surface area contributed by atoms with Crippen molar-refractivity contribution in [3.8, 4) is 0 Å². The van der Waals surface area contributed by atoms with E-state index in [0.717, 1.165) is 11.1 Å². The quantitative estimate of drug-likeness (QED) is 0.682. The van der Waals surface area contributed by atoms with Crippen molar-refractivity contribution in [2.24, 2.45) is 11.7 Å². The van der Waals surface area contributed by atoms with Crippen molar-refractivity contribution in [1.82, 2.24) is 0 Å². The molecule has 0 saturated heterocycles. The third kappa shape index (κ3) is 6.10. The Balaban J connectivity index is 1.94. The van der Waals surface area contributed by atoms with Crippen molar-refractivity contribution >= 4 is 23.5 Å². The van der Waals surface area contributed by atoms with E-state index in [1.165, 1.54) is 0 Å². The Kier molecular flexibility index (Phi) is 6.28. The molecule has 130 valence electrons. The summed E-state index contributed by atoms with van der Waals surface area (Å²) in [6.45, 7) is 0. The number of nitrogens with two attached hydrogens (primary N) is 1. The molecule has 0 aromatic heterocycles. The Morgan fingerprint density at radius 1 is 0.960 bits per heavy atom. The SMILES string of the molecule is NC(=O)Cc1ccc(NC(=O)CC(Cc2ccccc2)C(=O)O)cc1. The van der Waals surface area contributed by atoms with Gasteiger partial charge in [0.15, 0.2) is 0 Å². The second-order valence-electron chi connectivity index (χ2n) is 5.82. The molecule has 0 heterocycles. The summed E-state index contributed by atoms with van der Waals surface area (Å²) in [6, 6.07) is 15.9. The third-order valence-electron chi connectivity index (χ3n) is 3.72. The first-order chi connectivity index (χ1) is 11.9. The Morgan fingerprint density at radius 3 is 2.16 bits per heavy atom. The van der Waals surface area contributed by atoms with Crippen molar-refractivity contribution < 1.29 is 19.5 Å². The van der Waals surface area contributed by atoms with Crippen LogP contribution in [0.25, 0.3) is 0 Å². The van der Waals surface area contributed by atoms with Crippen LogP contribution in [-0.2, 0) is 27.2 Å². The van der Waals surface area contributed by atoms with Crippen molar-refractivity contribution in [3.05, 3.63) is 65.7 Å². The van der Waals surface area contributed by atoms with Gasteiger partial charge in [0, 0.05) is 12.1 Å². The van der Waals surface area contributed by atoms with Gasteiger partial charge >= 0.3 is 5.97 Å². The van der Waals surface area contributed by atoms with Crippen molar-refractivity contribution in [2.45, 2.75) is 19.3 Å². The highest BCUT2D eigenvalue weighted by Crippen LogP contribution is 2.15. The number of carbonyl (C=O) groups excluding carboxylic acids is 2. The summed E-state index contributed by atoms with van der Waals surface area (Å²) in [5.74, 6) is -2.60.